The van der Waals surface area contributed by atoms with Crippen LogP contribution < -0.4 is 5.32 Å². The Morgan fingerprint density at radius 3 is 2.42 bits per heavy atom. The molecule has 2 aromatic carbocycles. The summed E-state index contributed by atoms with van der Waals surface area (Å²) in [5.74, 6) is -0.743. The van der Waals surface area contributed by atoms with Crippen LogP contribution in [0.4, 0.5) is 5.69 Å². The Bertz CT molecular complexity index is 752. The van der Waals surface area contributed by atoms with Crippen molar-refractivity contribution in [3.63, 3.8) is 0 Å². The number of anilines is 1. The maximum atomic E-state index is 12.2. The Labute approximate surface area is 142 Å². The summed E-state index contributed by atoms with van der Waals surface area (Å²) < 4.78 is 5.26. The number of amides is 1. The molecule has 0 saturated carbocycles. The van der Waals surface area contributed by atoms with Gasteiger partial charge in [0.25, 0.3) is 5.91 Å². The maximum absolute atomic E-state index is 12.2. The summed E-state index contributed by atoms with van der Waals surface area (Å²) in [6.45, 7) is 7.44. The molecular formula is C20H23NO3. The first kappa shape index (κ1) is 17.7. The van der Waals surface area contributed by atoms with E-state index in [9.17, 15) is 9.59 Å². The topological polar surface area (TPSA) is 55.4 Å². The zero-order valence-electron chi connectivity index (χ0n) is 14.6. The number of carbonyl (C=O) groups is 2. The van der Waals surface area contributed by atoms with Crippen molar-refractivity contribution in [3.8, 4) is 0 Å². The van der Waals surface area contributed by atoms with Crippen molar-refractivity contribution in [1.82, 2.24) is 0 Å². The summed E-state index contributed by atoms with van der Waals surface area (Å²) >= 11 is 0. The van der Waals surface area contributed by atoms with Crippen molar-refractivity contribution in [2.75, 3.05) is 5.32 Å². The minimum atomic E-state index is -0.845. The highest BCUT2D eigenvalue weighted by atomic mass is 16.5. The molecule has 0 heterocycles. The van der Waals surface area contributed by atoms with E-state index in [1.807, 2.05) is 63.2 Å². The molecule has 1 N–H and O–H groups in total. The van der Waals surface area contributed by atoms with E-state index in [2.05, 4.69) is 5.32 Å². The minimum absolute atomic E-state index is 0.161. The van der Waals surface area contributed by atoms with Gasteiger partial charge in [-0.05, 0) is 50.5 Å². The molecule has 0 radical (unpaired) electrons. The smallest absolute Gasteiger partial charge is 0.311 e. The Morgan fingerprint density at radius 2 is 1.75 bits per heavy atom. The van der Waals surface area contributed by atoms with Crippen LogP contribution in [0.1, 0.15) is 29.2 Å². The van der Waals surface area contributed by atoms with Gasteiger partial charge in [-0.3, -0.25) is 9.59 Å². The van der Waals surface area contributed by atoms with Gasteiger partial charge in [-0.25, -0.2) is 0 Å². The number of carbonyl (C=O) groups excluding carboxylic acids is 2. The van der Waals surface area contributed by atoms with Gasteiger partial charge < -0.3 is 10.1 Å². The van der Waals surface area contributed by atoms with E-state index in [1.54, 1.807) is 6.92 Å². The summed E-state index contributed by atoms with van der Waals surface area (Å²) in [4.78, 5) is 24.3. The van der Waals surface area contributed by atoms with Gasteiger partial charge in [0.15, 0.2) is 6.10 Å². The Balaban J connectivity index is 1.93. The van der Waals surface area contributed by atoms with Gasteiger partial charge in [-0.15, -0.1) is 0 Å². The first-order valence-corrected chi connectivity index (χ1v) is 7.99. The van der Waals surface area contributed by atoms with Gasteiger partial charge in [-0.1, -0.05) is 42.0 Å². The van der Waals surface area contributed by atoms with Crippen LogP contribution in [-0.4, -0.2) is 18.0 Å². The third-order valence-corrected chi connectivity index (χ3v) is 3.91. The van der Waals surface area contributed by atoms with E-state index in [0.29, 0.717) is 0 Å². The van der Waals surface area contributed by atoms with E-state index in [4.69, 9.17) is 4.74 Å². The average molecular weight is 325 g/mol. The lowest BCUT2D eigenvalue weighted by Gasteiger charge is -2.15. The third kappa shape index (κ3) is 4.69. The molecule has 0 bridgehead atoms. The zero-order valence-corrected chi connectivity index (χ0v) is 14.6. The van der Waals surface area contributed by atoms with E-state index < -0.39 is 12.1 Å². The Morgan fingerprint density at radius 1 is 1.04 bits per heavy atom. The van der Waals surface area contributed by atoms with Gasteiger partial charge >= 0.3 is 5.97 Å². The molecule has 0 aliphatic carbocycles. The lowest BCUT2D eigenvalue weighted by molar-refractivity contribution is -0.152. The Hall–Kier alpha value is -2.62. The van der Waals surface area contributed by atoms with Gasteiger partial charge in [0.1, 0.15) is 0 Å². The number of benzene rings is 2. The second-order valence-corrected chi connectivity index (χ2v) is 6.04. The molecule has 2 aromatic rings. The molecule has 0 saturated heterocycles. The summed E-state index contributed by atoms with van der Waals surface area (Å²) in [6, 6.07) is 13.4. The second-order valence-electron chi connectivity index (χ2n) is 6.04. The van der Waals surface area contributed by atoms with Crippen LogP contribution in [-0.2, 0) is 20.7 Å². The number of rotatable bonds is 5. The highest BCUT2D eigenvalue weighted by Crippen LogP contribution is 2.16. The molecule has 4 nitrogen and oxygen atoms in total. The fourth-order valence-corrected chi connectivity index (χ4v) is 2.44. The molecule has 1 atom stereocenters. The highest BCUT2D eigenvalue weighted by molar-refractivity contribution is 5.95. The molecule has 0 aliphatic heterocycles. The average Bonchev–Trinajstić information content (AvgIpc) is 2.52. The van der Waals surface area contributed by atoms with Crippen LogP contribution in [0, 0.1) is 20.8 Å². The van der Waals surface area contributed by atoms with Crippen LogP contribution in [0.2, 0.25) is 0 Å². The van der Waals surface area contributed by atoms with E-state index in [1.165, 1.54) is 0 Å². The normalized spacial score (nSPS) is 11.7. The van der Waals surface area contributed by atoms with Gasteiger partial charge in [-0.2, -0.15) is 0 Å². The van der Waals surface area contributed by atoms with Crippen LogP contribution in [0.3, 0.4) is 0 Å². The molecule has 0 aromatic heterocycles. The molecule has 24 heavy (non-hydrogen) atoms. The first-order valence-electron chi connectivity index (χ1n) is 7.99. The lowest BCUT2D eigenvalue weighted by atomic mass is 10.1. The minimum Gasteiger partial charge on any atom is -0.452 e. The van der Waals surface area contributed by atoms with Crippen molar-refractivity contribution < 1.29 is 14.3 Å². The summed E-state index contributed by atoms with van der Waals surface area (Å²) in [5, 5.41) is 2.80. The number of hydrogen-bond acceptors (Lipinski definition) is 3. The SMILES string of the molecule is Cc1ccc(NC(=O)[C@@H](C)OC(=O)Cc2ccccc2C)c(C)c1. The van der Waals surface area contributed by atoms with E-state index >= 15 is 0 Å². The molecule has 0 aliphatic rings. The molecule has 126 valence electrons. The predicted octanol–water partition coefficient (Wildman–Crippen LogP) is 3.72. The molecule has 0 spiro atoms. The monoisotopic (exact) mass is 325 g/mol. The fourth-order valence-electron chi connectivity index (χ4n) is 2.44. The zero-order chi connectivity index (χ0) is 17.7. The Kier molecular flexibility index (Phi) is 5.74. The fraction of sp³-hybridized carbons (Fsp3) is 0.300. The van der Waals surface area contributed by atoms with Crippen molar-refractivity contribution in [2.24, 2.45) is 0 Å². The van der Waals surface area contributed by atoms with E-state index in [0.717, 1.165) is 27.9 Å². The van der Waals surface area contributed by atoms with E-state index in [-0.39, 0.29) is 12.3 Å². The van der Waals surface area contributed by atoms with Crippen LogP contribution in [0.25, 0.3) is 0 Å². The number of hydrogen-bond donors (Lipinski definition) is 1. The first-order chi connectivity index (χ1) is 11.4. The maximum Gasteiger partial charge on any atom is 0.311 e. The van der Waals surface area contributed by atoms with Crippen molar-refractivity contribution in [3.05, 3.63) is 64.7 Å². The molecule has 1 amide bonds. The van der Waals surface area contributed by atoms with Crippen molar-refractivity contribution in [1.29, 1.82) is 0 Å². The number of esters is 1. The number of ether oxygens (including phenoxy) is 1. The van der Waals surface area contributed by atoms with Crippen molar-refractivity contribution >= 4 is 17.6 Å². The summed E-state index contributed by atoms with van der Waals surface area (Å²) in [5.41, 5.74) is 4.77. The van der Waals surface area contributed by atoms with Gasteiger partial charge in [0.2, 0.25) is 0 Å². The third-order valence-electron chi connectivity index (χ3n) is 3.91. The van der Waals surface area contributed by atoms with Crippen LogP contribution >= 0.6 is 0 Å². The number of aryl methyl sites for hydroxylation is 3. The van der Waals surface area contributed by atoms with Crippen LogP contribution in [0.15, 0.2) is 42.5 Å². The highest BCUT2D eigenvalue weighted by Gasteiger charge is 2.19. The largest absolute Gasteiger partial charge is 0.452 e. The lowest BCUT2D eigenvalue weighted by Crippen LogP contribution is -2.30. The molecular weight excluding hydrogens is 302 g/mol. The van der Waals surface area contributed by atoms with Gasteiger partial charge in [0, 0.05) is 5.69 Å². The standard InChI is InChI=1S/C20H23NO3/c1-13-9-10-18(15(3)11-13)21-20(23)16(4)24-19(22)12-17-8-6-5-7-14(17)2/h5-11,16H,12H2,1-4H3,(H,21,23)/t16-/m1/s1. The van der Waals surface area contributed by atoms with Crippen molar-refractivity contribution in [2.45, 2.75) is 40.2 Å². The molecule has 4 heteroatoms. The second kappa shape index (κ2) is 7.77. The van der Waals surface area contributed by atoms with Gasteiger partial charge in [0.05, 0.1) is 6.42 Å². The molecule has 2 rings (SSSR count). The van der Waals surface area contributed by atoms with Crippen LogP contribution in [0.5, 0.6) is 0 Å². The summed E-state index contributed by atoms with van der Waals surface area (Å²) in [7, 11) is 0. The predicted molar refractivity (Wildman–Crippen MR) is 95.0 cm³/mol. The number of nitrogens with one attached hydrogen (secondary N) is 1. The molecule has 0 fully saturated rings. The summed E-state index contributed by atoms with van der Waals surface area (Å²) in [6.07, 6.45) is -0.685. The molecule has 0 unspecified atom stereocenters. The quantitative estimate of drug-likeness (QED) is 0.852.